The van der Waals surface area contributed by atoms with Crippen LogP contribution in [0.4, 0.5) is 16.2 Å². The Kier molecular flexibility index (Phi) is 6.74. The van der Waals surface area contributed by atoms with Crippen molar-refractivity contribution in [2.45, 2.75) is 19.1 Å². The second-order valence-corrected chi connectivity index (χ2v) is 6.21. The zero-order chi connectivity index (χ0) is 18.4. The molecule has 1 saturated heterocycles. The maximum absolute atomic E-state index is 12.3. The number of carbonyl (C=O) groups is 2. The highest BCUT2D eigenvalue weighted by molar-refractivity contribution is 5.94. The first-order valence-electron chi connectivity index (χ1n) is 8.11. The Morgan fingerprint density at radius 2 is 2.00 bits per heavy atom. The minimum Gasteiger partial charge on any atom is -0.378 e. The highest BCUT2D eigenvalue weighted by atomic mass is 16.5. The first-order chi connectivity index (χ1) is 11.9. The Bertz CT molecular complexity index is 623. The molecule has 1 aromatic carbocycles. The number of amides is 3. The zero-order valence-electron chi connectivity index (χ0n) is 15.1. The normalized spacial score (nSPS) is 20.3. The Balaban J connectivity index is 1.98. The molecule has 1 aliphatic rings. The molecule has 2 unspecified atom stereocenters. The number of urea groups is 1. The van der Waals surface area contributed by atoms with Crippen LogP contribution >= 0.6 is 0 Å². The van der Waals surface area contributed by atoms with Gasteiger partial charge in [0.15, 0.2) is 0 Å². The van der Waals surface area contributed by atoms with Gasteiger partial charge in [0.25, 0.3) is 0 Å². The lowest BCUT2D eigenvalue weighted by atomic mass is 10.1. The number of benzene rings is 1. The second kappa shape index (κ2) is 8.80. The third kappa shape index (κ3) is 5.42. The van der Waals surface area contributed by atoms with Crippen molar-refractivity contribution in [3.05, 3.63) is 23.8 Å². The maximum atomic E-state index is 12.3. The fourth-order valence-corrected chi connectivity index (χ4v) is 2.83. The molecule has 0 aliphatic carbocycles. The number of likely N-dealkylation sites (N-methyl/N-ethyl adjacent to an activating group) is 1. The van der Waals surface area contributed by atoms with Crippen molar-refractivity contribution in [1.82, 2.24) is 10.2 Å². The Labute approximate surface area is 147 Å². The Hall–Kier alpha value is -2.16. The molecule has 3 amide bonds. The summed E-state index contributed by atoms with van der Waals surface area (Å²) in [4.78, 5) is 26.0. The fraction of sp³-hybridized carbons (Fsp3) is 0.529. The van der Waals surface area contributed by atoms with Gasteiger partial charge in [-0.05, 0) is 31.7 Å². The molecule has 8 heteroatoms. The Morgan fingerprint density at radius 3 is 2.68 bits per heavy atom. The number of rotatable bonds is 6. The molecule has 0 aromatic heterocycles. The highest BCUT2D eigenvalue weighted by Gasteiger charge is 2.31. The van der Waals surface area contributed by atoms with Crippen LogP contribution in [0.25, 0.3) is 0 Å². The quantitative estimate of drug-likeness (QED) is 0.713. The molecule has 138 valence electrons. The monoisotopic (exact) mass is 350 g/mol. The van der Waals surface area contributed by atoms with Crippen molar-refractivity contribution in [2.24, 2.45) is 0 Å². The fourth-order valence-electron chi connectivity index (χ4n) is 2.83. The number of hydrogen-bond donors (Lipinski definition) is 3. The lowest BCUT2D eigenvalue weighted by Gasteiger charge is -2.19. The third-order valence-corrected chi connectivity index (χ3v) is 4.11. The van der Waals surface area contributed by atoms with Crippen LogP contribution in [-0.4, -0.2) is 69.9 Å². The summed E-state index contributed by atoms with van der Waals surface area (Å²) in [7, 11) is 5.09. The number of aryl methyl sites for hydroxylation is 1. The molecule has 1 heterocycles. The van der Waals surface area contributed by atoms with E-state index >= 15 is 0 Å². The summed E-state index contributed by atoms with van der Waals surface area (Å²) in [6.07, 6.45) is -0.0310. The standard InChI is InChI=1S/C17H26N4O4/c1-11-5-6-12(18-16(22)10-24-3)7-13(11)19-17(23)20-14-8-21(2)9-15(14)25-4/h5-7,14-15H,8-10H2,1-4H3,(H,18,22)(H2,19,20,23). The molecule has 0 bridgehead atoms. The average molecular weight is 350 g/mol. The lowest BCUT2D eigenvalue weighted by molar-refractivity contribution is -0.119. The summed E-state index contributed by atoms with van der Waals surface area (Å²) in [6, 6.07) is 4.96. The van der Waals surface area contributed by atoms with Crippen LogP contribution in [0, 0.1) is 6.92 Å². The van der Waals surface area contributed by atoms with Gasteiger partial charge in [-0.25, -0.2) is 4.79 Å². The molecule has 2 atom stereocenters. The van der Waals surface area contributed by atoms with Crippen LogP contribution in [0.2, 0.25) is 0 Å². The van der Waals surface area contributed by atoms with E-state index in [2.05, 4.69) is 20.9 Å². The molecule has 1 fully saturated rings. The van der Waals surface area contributed by atoms with Crippen molar-refractivity contribution in [3.63, 3.8) is 0 Å². The van der Waals surface area contributed by atoms with E-state index in [1.165, 1.54) is 7.11 Å². The van der Waals surface area contributed by atoms with E-state index in [4.69, 9.17) is 9.47 Å². The minimum atomic E-state index is -0.300. The van der Waals surface area contributed by atoms with E-state index in [0.29, 0.717) is 11.4 Å². The van der Waals surface area contributed by atoms with E-state index in [1.807, 2.05) is 20.0 Å². The minimum absolute atomic E-state index is 0.0231. The van der Waals surface area contributed by atoms with Gasteiger partial charge in [0.2, 0.25) is 5.91 Å². The van der Waals surface area contributed by atoms with Gasteiger partial charge in [0.05, 0.1) is 12.1 Å². The first-order valence-corrected chi connectivity index (χ1v) is 8.11. The maximum Gasteiger partial charge on any atom is 0.319 e. The van der Waals surface area contributed by atoms with Gasteiger partial charge in [-0.3, -0.25) is 4.79 Å². The molecular formula is C17H26N4O4. The summed E-state index contributed by atoms with van der Waals surface area (Å²) >= 11 is 0. The number of hydrogen-bond acceptors (Lipinski definition) is 5. The number of carbonyl (C=O) groups excluding carboxylic acids is 2. The molecule has 25 heavy (non-hydrogen) atoms. The van der Waals surface area contributed by atoms with Gasteiger partial charge in [-0.1, -0.05) is 6.07 Å². The zero-order valence-corrected chi connectivity index (χ0v) is 15.1. The average Bonchev–Trinajstić information content (AvgIpc) is 2.90. The number of nitrogens with one attached hydrogen (secondary N) is 3. The van der Waals surface area contributed by atoms with Crippen molar-refractivity contribution in [2.75, 3.05) is 51.6 Å². The van der Waals surface area contributed by atoms with E-state index in [9.17, 15) is 9.59 Å². The van der Waals surface area contributed by atoms with E-state index < -0.39 is 0 Å². The van der Waals surface area contributed by atoms with E-state index in [1.54, 1.807) is 19.2 Å². The molecule has 0 radical (unpaired) electrons. The van der Waals surface area contributed by atoms with Crippen molar-refractivity contribution in [1.29, 1.82) is 0 Å². The van der Waals surface area contributed by atoms with Crippen LogP contribution in [0.5, 0.6) is 0 Å². The van der Waals surface area contributed by atoms with Crippen LogP contribution in [0.3, 0.4) is 0 Å². The second-order valence-electron chi connectivity index (χ2n) is 6.21. The lowest BCUT2D eigenvalue weighted by Crippen LogP contribution is -2.45. The summed E-state index contributed by atoms with van der Waals surface area (Å²) < 4.78 is 10.2. The molecule has 1 aliphatic heterocycles. The molecule has 3 N–H and O–H groups in total. The predicted molar refractivity (Wildman–Crippen MR) is 95.9 cm³/mol. The van der Waals surface area contributed by atoms with Gasteiger partial charge < -0.3 is 30.3 Å². The van der Waals surface area contributed by atoms with Crippen molar-refractivity contribution in [3.8, 4) is 0 Å². The number of nitrogens with zero attached hydrogens (tertiary/aromatic N) is 1. The first kappa shape index (κ1) is 19.2. The molecule has 8 nitrogen and oxygen atoms in total. The van der Waals surface area contributed by atoms with Crippen LogP contribution in [0.15, 0.2) is 18.2 Å². The van der Waals surface area contributed by atoms with Gasteiger partial charge in [-0.15, -0.1) is 0 Å². The van der Waals surface area contributed by atoms with Gasteiger partial charge in [0, 0.05) is 38.7 Å². The molecule has 1 aromatic rings. The Morgan fingerprint density at radius 1 is 1.24 bits per heavy atom. The van der Waals surface area contributed by atoms with Crippen LogP contribution in [0.1, 0.15) is 5.56 Å². The van der Waals surface area contributed by atoms with Crippen LogP contribution in [-0.2, 0) is 14.3 Å². The van der Waals surface area contributed by atoms with Crippen molar-refractivity contribution >= 4 is 23.3 Å². The summed E-state index contributed by atoms with van der Waals surface area (Å²) in [6.45, 7) is 3.38. The number of ether oxygens (including phenoxy) is 2. The van der Waals surface area contributed by atoms with E-state index in [-0.39, 0.29) is 30.7 Å². The summed E-state index contributed by atoms with van der Waals surface area (Å²) in [5.74, 6) is -0.251. The molecular weight excluding hydrogens is 324 g/mol. The largest absolute Gasteiger partial charge is 0.378 e. The summed E-state index contributed by atoms with van der Waals surface area (Å²) in [5.41, 5.74) is 2.12. The molecule has 0 saturated carbocycles. The number of anilines is 2. The number of methoxy groups -OCH3 is 2. The van der Waals surface area contributed by atoms with E-state index in [0.717, 1.165) is 18.7 Å². The van der Waals surface area contributed by atoms with Gasteiger partial charge in [-0.2, -0.15) is 0 Å². The predicted octanol–water partition coefficient (Wildman–Crippen LogP) is 1.03. The van der Waals surface area contributed by atoms with Crippen LogP contribution < -0.4 is 16.0 Å². The SMILES string of the molecule is COCC(=O)Nc1ccc(C)c(NC(=O)NC2CN(C)CC2OC)c1. The number of likely N-dealkylation sites (tertiary alicyclic amines) is 1. The summed E-state index contributed by atoms with van der Waals surface area (Å²) in [5, 5.41) is 8.49. The molecule has 2 rings (SSSR count). The highest BCUT2D eigenvalue weighted by Crippen LogP contribution is 2.20. The van der Waals surface area contributed by atoms with Gasteiger partial charge >= 0.3 is 6.03 Å². The van der Waals surface area contributed by atoms with Gasteiger partial charge in [0.1, 0.15) is 6.61 Å². The smallest absolute Gasteiger partial charge is 0.319 e. The topological polar surface area (TPSA) is 91.9 Å². The van der Waals surface area contributed by atoms with Crippen molar-refractivity contribution < 1.29 is 19.1 Å². The molecule has 0 spiro atoms. The third-order valence-electron chi connectivity index (χ3n) is 4.11.